The fourth-order valence-corrected chi connectivity index (χ4v) is 1.97. The number of hydrogen-bond donors (Lipinski definition) is 2. The van der Waals surface area contributed by atoms with Gasteiger partial charge in [-0.2, -0.15) is 0 Å². The van der Waals surface area contributed by atoms with Gasteiger partial charge in [0.25, 0.3) is 0 Å². The van der Waals surface area contributed by atoms with Gasteiger partial charge in [0.05, 0.1) is 7.11 Å². The quantitative estimate of drug-likeness (QED) is 0.729. The van der Waals surface area contributed by atoms with E-state index in [0.717, 1.165) is 17.7 Å². The second-order valence-corrected chi connectivity index (χ2v) is 4.69. The average Bonchev–Trinajstić information content (AvgIpc) is 2.58. The Balaban J connectivity index is 1.66. The molecule has 0 radical (unpaired) electrons. The molecule has 0 spiro atoms. The van der Waals surface area contributed by atoms with Crippen molar-refractivity contribution in [2.45, 2.75) is 19.4 Å². The lowest BCUT2D eigenvalue weighted by Gasteiger charge is -2.09. The molecule has 6 nitrogen and oxygen atoms in total. The van der Waals surface area contributed by atoms with Crippen LogP contribution >= 0.6 is 0 Å². The van der Waals surface area contributed by atoms with E-state index in [1.165, 1.54) is 0 Å². The molecule has 1 amide bonds. The Morgan fingerprint density at radius 1 is 1.18 bits per heavy atom. The first-order valence-electron chi connectivity index (χ1n) is 7.19. The van der Waals surface area contributed by atoms with E-state index in [2.05, 4.69) is 20.6 Å². The van der Waals surface area contributed by atoms with E-state index in [4.69, 9.17) is 4.74 Å². The smallest absolute Gasteiger partial charge is 0.222 e. The summed E-state index contributed by atoms with van der Waals surface area (Å²) >= 11 is 0. The Bertz CT molecular complexity index is 590. The van der Waals surface area contributed by atoms with Gasteiger partial charge in [-0.1, -0.05) is 18.2 Å². The van der Waals surface area contributed by atoms with Crippen molar-refractivity contribution in [2.75, 3.05) is 19.0 Å². The predicted octanol–water partition coefficient (Wildman–Crippen LogP) is 1.99. The number of nitrogens with zero attached hydrogens (tertiary/aromatic N) is 2. The Morgan fingerprint density at radius 3 is 2.73 bits per heavy atom. The average molecular weight is 300 g/mol. The van der Waals surface area contributed by atoms with Crippen LogP contribution in [0.2, 0.25) is 0 Å². The van der Waals surface area contributed by atoms with Crippen LogP contribution in [0.5, 0.6) is 5.75 Å². The number of ether oxygens (including phenoxy) is 1. The molecule has 1 heterocycles. The molecular formula is C16H20N4O2. The molecule has 2 aromatic rings. The van der Waals surface area contributed by atoms with Crippen molar-refractivity contribution in [3.8, 4) is 5.75 Å². The van der Waals surface area contributed by atoms with Crippen molar-refractivity contribution in [1.29, 1.82) is 0 Å². The van der Waals surface area contributed by atoms with Crippen LogP contribution in [0.25, 0.3) is 0 Å². The van der Waals surface area contributed by atoms with Gasteiger partial charge in [0.2, 0.25) is 11.9 Å². The first kappa shape index (κ1) is 15.8. The van der Waals surface area contributed by atoms with Crippen LogP contribution in [-0.4, -0.2) is 29.5 Å². The summed E-state index contributed by atoms with van der Waals surface area (Å²) in [6.07, 6.45) is 4.52. The minimum atomic E-state index is 0.0155. The summed E-state index contributed by atoms with van der Waals surface area (Å²) in [6.45, 7) is 1.13. The molecule has 116 valence electrons. The number of benzene rings is 1. The van der Waals surface area contributed by atoms with E-state index in [1.807, 2.05) is 24.3 Å². The van der Waals surface area contributed by atoms with Gasteiger partial charge in [-0.05, 0) is 18.6 Å². The Labute approximate surface area is 129 Å². The summed E-state index contributed by atoms with van der Waals surface area (Å²) in [6, 6.07) is 9.41. The number of hydrogen-bond acceptors (Lipinski definition) is 5. The van der Waals surface area contributed by atoms with Crippen LogP contribution < -0.4 is 15.4 Å². The molecule has 0 bridgehead atoms. The monoisotopic (exact) mass is 300 g/mol. The van der Waals surface area contributed by atoms with Crippen molar-refractivity contribution >= 4 is 11.9 Å². The molecule has 6 heteroatoms. The van der Waals surface area contributed by atoms with E-state index in [9.17, 15) is 4.79 Å². The van der Waals surface area contributed by atoms with E-state index >= 15 is 0 Å². The SMILES string of the molecule is COc1ccccc1CNC(=O)CCCNc1ncccn1. The van der Waals surface area contributed by atoms with Crippen LogP contribution in [0.15, 0.2) is 42.7 Å². The van der Waals surface area contributed by atoms with Crippen molar-refractivity contribution < 1.29 is 9.53 Å². The number of nitrogens with one attached hydrogen (secondary N) is 2. The Kier molecular flexibility index (Phi) is 6.17. The van der Waals surface area contributed by atoms with Gasteiger partial charge in [-0.25, -0.2) is 9.97 Å². The van der Waals surface area contributed by atoms with Crippen LogP contribution in [0, 0.1) is 0 Å². The number of anilines is 1. The van der Waals surface area contributed by atoms with Crippen LogP contribution in [0.4, 0.5) is 5.95 Å². The second kappa shape index (κ2) is 8.61. The fourth-order valence-electron chi connectivity index (χ4n) is 1.97. The van der Waals surface area contributed by atoms with Crippen molar-refractivity contribution in [1.82, 2.24) is 15.3 Å². The topological polar surface area (TPSA) is 76.1 Å². The number of carbonyl (C=O) groups excluding carboxylic acids is 1. The van der Waals surface area contributed by atoms with Gasteiger partial charge in [0.1, 0.15) is 5.75 Å². The van der Waals surface area contributed by atoms with E-state index < -0.39 is 0 Å². The largest absolute Gasteiger partial charge is 0.496 e. The van der Waals surface area contributed by atoms with E-state index in [-0.39, 0.29) is 5.91 Å². The molecule has 0 aliphatic carbocycles. The van der Waals surface area contributed by atoms with Gasteiger partial charge in [-0.15, -0.1) is 0 Å². The van der Waals surface area contributed by atoms with Gasteiger partial charge in [0.15, 0.2) is 0 Å². The number of amides is 1. The summed E-state index contributed by atoms with van der Waals surface area (Å²) in [5.74, 6) is 1.38. The molecule has 1 aromatic carbocycles. The molecule has 2 rings (SSSR count). The number of methoxy groups -OCH3 is 1. The first-order valence-corrected chi connectivity index (χ1v) is 7.19. The maximum absolute atomic E-state index is 11.8. The third-order valence-corrected chi connectivity index (χ3v) is 3.10. The standard InChI is InChI=1S/C16H20N4O2/c1-22-14-7-3-2-6-13(14)12-20-15(21)8-4-9-17-16-18-10-5-11-19-16/h2-3,5-7,10-11H,4,8-9,12H2,1H3,(H,20,21)(H,17,18,19). The number of rotatable bonds is 8. The van der Waals surface area contributed by atoms with Gasteiger partial charge in [-0.3, -0.25) is 4.79 Å². The summed E-state index contributed by atoms with van der Waals surface area (Å²) < 4.78 is 5.25. The maximum atomic E-state index is 11.8. The lowest BCUT2D eigenvalue weighted by molar-refractivity contribution is -0.121. The minimum Gasteiger partial charge on any atom is -0.496 e. The molecule has 0 atom stereocenters. The molecule has 0 saturated carbocycles. The van der Waals surface area contributed by atoms with Crippen molar-refractivity contribution in [2.24, 2.45) is 0 Å². The first-order chi connectivity index (χ1) is 10.8. The van der Waals surface area contributed by atoms with Gasteiger partial charge in [0, 0.05) is 37.5 Å². The Hall–Kier alpha value is -2.63. The molecule has 1 aromatic heterocycles. The van der Waals surface area contributed by atoms with Crippen molar-refractivity contribution in [3.63, 3.8) is 0 Å². The highest BCUT2D eigenvalue weighted by molar-refractivity contribution is 5.75. The molecule has 0 saturated heterocycles. The number of para-hydroxylation sites is 1. The molecule has 0 fully saturated rings. The summed E-state index contributed by atoms with van der Waals surface area (Å²) in [4.78, 5) is 19.9. The zero-order valence-corrected chi connectivity index (χ0v) is 12.6. The van der Waals surface area contributed by atoms with E-state index in [0.29, 0.717) is 25.5 Å². The van der Waals surface area contributed by atoms with Crippen LogP contribution in [0.1, 0.15) is 18.4 Å². The van der Waals surface area contributed by atoms with Crippen LogP contribution in [-0.2, 0) is 11.3 Å². The maximum Gasteiger partial charge on any atom is 0.222 e. The molecule has 0 aliphatic heterocycles. The third kappa shape index (κ3) is 5.05. The lowest BCUT2D eigenvalue weighted by Crippen LogP contribution is -2.23. The molecule has 22 heavy (non-hydrogen) atoms. The Morgan fingerprint density at radius 2 is 1.95 bits per heavy atom. The fraction of sp³-hybridized carbons (Fsp3) is 0.312. The molecule has 2 N–H and O–H groups in total. The predicted molar refractivity (Wildman–Crippen MR) is 84.6 cm³/mol. The highest BCUT2D eigenvalue weighted by atomic mass is 16.5. The van der Waals surface area contributed by atoms with Crippen LogP contribution in [0.3, 0.4) is 0 Å². The van der Waals surface area contributed by atoms with Gasteiger partial charge < -0.3 is 15.4 Å². The number of carbonyl (C=O) groups is 1. The summed E-state index contributed by atoms with van der Waals surface area (Å²) in [5.41, 5.74) is 0.967. The minimum absolute atomic E-state index is 0.0155. The molecule has 0 aliphatic rings. The zero-order chi connectivity index (χ0) is 15.6. The summed E-state index contributed by atoms with van der Waals surface area (Å²) in [7, 11) is 1.62. The molecule has 0 unspecified atom stereocenters. The lowest BCUT2D eigenvalue weighted by atomic mass is 10.2. The second-order valence-electron chi connectivity index (χ2n) is 4.69. The van der Waals surface area contributed by atoms with Crippen molar-refractivity contribution in [3.05, 3.63) is 48.3 Å². The summed E-state index contributed by atoms with van der Waals surface area (Å²) in [5, 5.41) is 5.96. The van der Waals surface area contributed by atoms with E-state index in [1.54, 1.807) is 25.6 Å². The number of aromatic nitrogens is 2. The highest BCUT2D eigenvalue weighted by Gasteiger charge is 2.05. The van der Waals surface area contributed by atoms with Gasteiger partial charge >= 0.3 is 0 Å². The third-order valence-electron chi connectivity index (χ3n) is 3.10. The zero-order valence-electron chi connectivity index (χ0n) is 12.6. The molecular weight excluding hydrogens is 280 g/mol. The normalized spacial score (nSPS) is 10.0. The highest BCUT2D eigenvalue weighted by Crippen LogP contribution is 2.16.